The highest BCUT2D eigenvalue weighted by Crippen LogP contribution is 2.25. The summed E-state index contributed by atoms with van der Waals surface area (Å²) in [4.78, 5) is 15.8. The highest BCUT2D eigenvalue weighted by atomic mass is 79.9. The Balaban J connectivity index is 2.25. The molecule has 2 aromatic rings. The number of pyridine rings is 1. The van der Waals surface area contributed by atoms with Crippen LogP contribution in [0.3, 0.4) is 0 Å². The number of anilines is 2. The van der Waals surface area contributed by atoms with Gasteiger partial charge in [-0.05, 0) is 40.2 Å². The average Bonchev–Trinajstić information content (AvgIpc) is 2.48. The SMILES string of the molecule is COC(=O)c1ccc(Nc2ccc(Br)cn2)cc1OC. The maximum absolute atomic E-state index is 11.6. The number of aromatic nitrogens is 1. The number of halogens is 1. The van der Waals surface area contributed by atoms with Crippen LogP contribution in [0.5, 0.6) is 5.75 Å². The fourth-order valence-corrected chi connectivity index (χ4v) is 1.88. The van der Waals surface area contributed by atoms with E-state index in [9.17, 15) is 4.79 Å². The van der Waals surface area contributed by atoms with E-state index in [1.807, 2.05) is 12.1 Å². The molecule has 0 fully saturated rings. The predicted molar refractivity (Wildman–Crippen MR) is 79.6 cm³/mol. The van der Waals surface area contributed by atoms with Crippen LogP contribution in [0.2, 0.25) is 0 Å². The molecule has 6 heteroatoms. The molecule has 0 bridgehead atoms. The number of methoxy groups -OCH3 is 2. The fourth-order valence-electron chi connectivity index (χ4n) is 1.65. The second kappa shape index (κ2) is 6.38. The van der Waals surface area contributed by atoms with Gasteiger partial charge in [0.15, 0.2) is 0 Å². The van der Waals surface area contributed by atoms with E-state index in [2.05, 4.69) is 26.2 Å². The van der Waals surface area contributed by atoms with Crippen LogP contribution >= 0.6 is 15.9 Å². The van der Waals surface area contributed by atoms with Crippen molar-refractivity contribution in [3.63, 3.8) is 0 Å². The number of carbonyl (C=O) groups excluding carboxylic acids is 1. The van der Waals surface area contributed by atoms with Crippen molar-refractivity contribution in [1.82, 2.24) is 4.98 Å². The summed E-state index contributed by atoms with van der Waals surface area (Å²) in [6.07, 6.45) is 1.70. The van der Waals surface area contributed by atoms with Gasteiger partial charge in [-0.25, -0.2) is 9.78 Å². The lowest BCUT2D eigenvalue weighted by Gasteiger charge is -2.10. The first kappa shape index (κ1) is 14.3. The highest BCUT2D eigenvalue weighted by molar-refractivity contribution is 9.10. The quantitative estimate of drug-likeness (QED) is 0.867. The zero-order valence-electron chi connectivity index (χ0n) is 11.0. The zero-order valence-corrected chi connectivity index (χ0v) is 12.6. The van der Waals surface area contributed by atoms with Gasteiger partial charge in [0.1, 0.15) is 17.1 Å². The number of benzene rings is 1. The minimum atomic E-state index is -0.435. The molecular weight excluding hydrogens is 324 g/mol. The molecule has 0 aliphatic carbocycles. The lowest BCUT2D eigenvalue weighted by Crippen LogP contribution is -2.04. The van der Waals surface area contributed by atoms with E-state index in [-0.39, 0.29) is 0 Å². The van der Waals surface area contributed by atoms with Gasteiger partial charge in [-0.15, -0.1) is 0 Å². The van der Waals surface area contributed by atoms with Gasteiger partial charge in [0.05, 0.1) is 14.2 Å². The minimum Gasteiger partial charge on any atom is -0.496 e. The normalized spacial score (nSPS) is 9.95. The number of hydrogen-bond acceptors (Lipinski definition) is 5. The Kier molecular flexibility index (Phi) is 4.57. The number of nitrogens with one attached hydrogen (secondary N) is 1. The maximum Gasteiger partial charge on any atom is 0.341 e. The van der Waals surface area contributed by atoms with Gasteiger partial charge in [0.2, 0.25) is 0 Å². The summed E-state index contributed by atoms with van der Waals surface area (Å²) in [5.41, 5.74) is 1.15. The van der Waals surface area contributed by atoms with Crippen LogP contribution in [0.25, 0.3) is 0 Å². The Bertz CT molecular complexity index is 614. The van der Waals surface area contributed by atoms with Crippen LogP contribution in [0.15, 0.2) is 41.0 Å². The highest BCUT2D eigenvalue weighted by Gasteiger charge is 2.13. The third-order valence-electron chi connectivity index (χ3n) is 2.61. The van der Waals surface area contributed by atoms with Crippen LogP contribution in [-0.2, 0) is 4.74 Å². The molecule has 1 heterocycles. The van der Waals surface area contributed by atoms with E-state index in [1.165, 1.54) is 14.2 Å². The number of esters is 1. The first-order valence-electron chi connectivity index (χ1n) is 5.79. The Labute approximate surface area is 125 Å². The molecule has 1 aromatic carbocycles. The minimum absolute atomic E-state index is 0.379. The van der Waals surface area contributed by atoms with Gasteiger partial charge in [0.25, 0.3) is 0 Å². The van der Waals surface area contributed by atoms with Gasteiger partial charge in [-0.2, -0.15) is 0 Å². The average molecular weight is 337 g/mol. The van der Waals surface area contributed by atoms with Gasteiger partial charge < -0.3 is 14.8 Å². The van der Waals surface area contributed by atoms with Crippen molar-refractivity contribution in [2.75, 3.05) is 19.5 Å². The van der Waals surface area contributed by atoms with Crippen LogP contribution in [0.4, 0.5) is 11.5 Å². The molecule has 0 aliphatic heterocycles. The molecule has 104 valence electrons. The Hall–Kier alpha value is -2.08. The molecule has 0 amide bonds. The molecule has 0 saturated heterocycles. The second-order valence-electron chi connectivity index (χ2n) is 3.89. The monoisotopic (exact) mass is 336 g/mol. The van der Waals surface area contributed by atoms with E-state index >= 15 is 0 Å². The summed E-state index contributed by atoms with van der Waals surface area (Å²) in [7, 11) is 2.84. The maximum atomic E-state index is 11.6. The molecule has 0 atom stereocenters. The van der Waals surface area contributed by atoms with E-state index in [4.69, 9.17) is 9.47 Å². The summed E-state index contributed by atoms with van der Waals surface area (Å²) in [6, 6.07) is 8.85. The molecule has 1 N–H and O–H groups in total. The molecule has 20 heavy (non-hydrogen) atoms. The van der Waals surface area contributed by atoms with Crippen molar-refractivity contribution >= 4 is 33.4 Å². The van der Waals surface area contributed by atoms with E-state index in [0.717, 1.165) is 10.2 Å². The van der Waals surface area contributed by atoms with Gasteiger partial charge >= 0.3 is 5.97 Å². The molecule has 1 aromatic heterocycles. The molecule has 5 nitrogen and oxygen atoms in total. The molecular formula is C14H13BrN2O3. The van der Waals surface area contributed by atoms with Gasteiger partial charge in [0, 0.05) is 22.4 Å². The molecule has 0 unspecified atom stereocenters. The smallest absolute Gasteiger partial charge is 0.341 e. The number of hydrogen-bond donors (Lipinski definition) is 1. The third-order valence-corrected chi connectivity index (χ3v) is 3.08. The van der Waals surface area contributed by atoms with Crippen LogP contribution in [-0.4, -0.2) is 25.2 Å². The number of rotatable bonds is 4. The fraction of sp³-hybridized carbons (Fsp3) is 0.143. The summed E-state index contributed by atoms with van der Waals surface area (Å²) >= 11 is 3.33. The van der Waals surface area contributed by atoms with Crippen LogP contribution in [0.1, 0.15) is 10.4 Å². The summed E-state index contributed by atoms with van der Waals surface area (Å²) in [6.45, 7) is 0. The summed E-state index contributed by atoms with van der Waals surface area (Å²) in [5.74, 6) is 0.704. The molecule has 0 saturated carbocycles. The van der Waals surface area contributed by atoms with Gasteiger partial charge in [-0.3, -0.25) is 0 Å². The van der Waals surface area contributed by atoms with E-state index in [0.29, 0.717) is 17.1 Å². The number of ether oxygens (including phenoxy) is 2. The van der Waals surface area contributed by atoms with Crippen molar-refractivity contribution in [3.8, 4) is 5.75 Å². The Morgan fingerprint density at radius 2 is 2.05 bits per heavy atom. The predicted octanol–water partition coefficient (Wildman–Crippen LogP) is 3.38. The lowest BCUT2D eigenvalue weighted by atomic mass is 10.2. The topological polar surface area (TPSA) is 60.5 Å². The molecule has 0 aliphatic rings. The second-order valence-corrected chi connectivity index (χ2v) is 4.81. The third kappa shape index (κ3) is 3.27. The number of carbonyl (C=O) groups is 1. The lowest BCUT2D eigenvalue weighted by molar-refractivity contribution is 0.0597. The van der Waals surface area contributed by atoms with Crippen molar-refractivity contribution in [3.05, 3.63) is 46.6 Å². The standard InChI is InChI=1S/C14H13BrN2O3/c1-19-12-7-10(4-5-11(12)14(18)20-2)17-13-6-3-9(15)8-16-13/h3-8H,1-2H3,(H,16,17). The van der Waals surface area contributed by atoms with E-state index < -0.39 is 5.97 Å². The largest absolute Gasteiger partial charge is 0.496 e. The Morgan fingerprint density at radius 1 is 1.25 bits per heavy atom. The van der Waals surface area contributed by atoms with Gasteiger partial charge in [-0.1, -0.05) is 0 Å². The first-order valence-corrected chi connectivity index (χ1v) is 6.58. The molecule has 0 spiro atoms. The summed E-state index contributed by atoms with van der Waals surface area (Å²) < 4.78 is 10.8. The zero-order chi connectivity index (χ0) is 14.5. The molecule has 0 radical (unpaired) electrons. The molecule has 2 rings (SSSR count). The van der Waals surface area contributed by atoms with E-state index in [1.54, 1.807) is 24.4 Å². The number of nitrogens with zero attached hydrogens (tertiary/aromatic N) is 1. The van der Waals surface area contributed by atoms with Crippen LogP contribution in [0, 0.1) is 0 Å². The van der Waals surface area contributed by atoms with Crippen molar-refractivity contribution in [2.24, 2.45) is 0 Å². The Morgan fingerprint density at radius 3 is 2.65 bits per heavy atom. The summed E-state index contributed by atoms with van der Waals surface area (Å²) in [5, 5.41) is 3.13. The van der Waals surface area contributed by atoms with Crippen molar-refractivity contribution < 1.29 is 14.3 Å². The van der Waals surface area contributed by atoms with Crippen molar-refractivity contribution in [2.45, 2.75) is 0 Å². The van der Waals surface area contributed by atoms with Crippen LogP contribution < -0.4 is 10.1 Å². The first-order chi connectivity index (χ1) is 9.63. The van der Waals surface area contributed by atoms with Crippen molar-refractivity contribution in [1.29, 1.82) is 0 Å².